The summed E-state index contributed by atoms with van der Waals surface area (Å²) in [7, 11) is 0. The fraction of sp³-hybridized carbons (Fsp3) is 0.708. The van der Waals surface area contributed by atoms with Crippen LogP contribution in [0.15, 0.2) is 9.59 Å². The van der Waals surface area contributed by atoms with Crippen molar-refractivity contribution >= 4 is 27.5 Å². The van der Waals surface area contributed by atoms with Gasteiger partial charge in [-0.1, -0.05) is 20.8 Å². The molecule has 2 aromatic heterocycles. The van der Waals surface area contributed by atoms with Crippen molar-refractivity contribution in [2.45, 2.75) is 92.6 Å². The lowest BCUT2D eigenvalue weighted by Crippen LogP contribution is -2.43. The lowest BCUT2D eigenvalue weighted by atomic mass is 9.97. The molecular formula is C24H37N3O5S. The fourth-order valence-corrected chi connectivity index (χ4v) is 5.30. The maximum absolute atomic E-state index is 13.4. The average Bonchev–Trinajstić information content (AvgIpc) is 3.28. The fourth-order valence-electron chi connectivity index (χ4n) is 4.03. The first-order valence-electron chi connectivity index (χ1n) is 11.6. The van der Waals surface area contributed by atoms with Crippen LogP contribution in [0.2, 0.25) is 0 Å². The molecular weight excluding hydrogens is 442 g/mol. The smallest absolute Gasteiger partial charge is 0.332 e. The predicted molar refractivity (Wildman–Crippen MR) is 131 cm³/mol. The average molecular weight is 480 g/mol. The van der Waals surface area contributed by atoms with E-state index in [1.165, 1.54) is 15.9 Å². The predicted octanol–water partition coefficient (Wildman–Crippen LogP) is 3.19. The first-order valence-corrected chi connectivity index (χ1v) is 12.4. The Labute approximate surface area is 198 Å². The van der Waals surface area contributed by atoms with E-state index in [1.807, 2.05) is 48.5 Å². The molecule has 3 rings (SSSR count). The number of esters is 1. The largest absolute Gasteiger partial charge is 0.459 e. The van der Waals surface area contributed by atoms with Gasteiger partial charge in [0.05, 0.1) is 24.6 Å². The van der Waals surface area contributed by atoms with Gasteiger partial charge in [-0.25, -0.2) is 4.79 Å². The van der Waals surface area contributed by atoms with Crippen molar-refractivity contribution in [1.82, 2.24) is 14.5 Å². The van der Waals surface area contributed by atoms with E-state index in [4.69, 9.17) is 9.47 Å². The van der Waals surface area contributed by atoms with Crippen LogP contribution in [0.1, 0.15) is 64.8 Å². The van der Waals surface area contributed by atoms with E-state index in [9.17, 15) is 14.4 Å². The van der Waals surface area contributed by atoms with E-state index in [0.29, 0.717) is 36.5 Å². The summed E-state index contributed by atoms with van der Waals surface area (Å²) in [6, 6.07) is 0. The normalized spacial score (nSPS) is 17.1. The van der Waals surface area contributed by atoms with Crippen molar-refractivity contribution in [3.8, 4) is 0 Å². The number of carbonyl (C=O) groups excluding carboxylic acids is 1. The van der Waals surface area contributed by atoms with Crippen LogP contribution >= 0.6 is 11.3 Å². The van der Waals surface area contributed by atoms with Gasteiger partial charge in [-0.3, -0.25) is 18.7 Å². The molecule has 1 aliphatic rings. The number of rotatable bonds is 7. The molecule has 0 saturated carbocycles. The molecule has 2 aromatic rings. The Bertz CT molecular complexity index is 1120. The van der Waals surface area contributed by atoms with Crippen molar-refractivity contribution in [1.29, 1.82) is 0 Å². The maximum atomic E-state index is 13.4. The third-order valence-electron chi connectivity index (χ3n) is 5.41. The lowest BCUT2D eigenvalue weighted by molar-refractivity contribution is -0.153. The number of thiophene rings is 1. The Balaban J connectivity index is 1.98. The number of nitrogens with zero attached hydrogens (tertiary/aromatic N) is 2. The Morgan fingerprint density at radius 2 is 1.88 bits per heavy atom. The lowest BCUT2D eigenvalue weighted by Gasteiger charge is -2.21. The quantitative estimate of drug-likeness (QED) is 0.614. The van der Waals surface area contributed by atoms with Gasteiger partial charge >= 0.3 is 11.7 Å². The van der Waals surface area contributed by atoms with Crippen molar-refractivity contribution in [3.63, 3.8) is 0 Å². The highest BCUT2D eigenvalue weighted by atomic mass is 32.1. The number of aromatic nitrogens is 2. The molecule has 0 aromatic carbocycles. The summed E-state index contributed by atoms with van der Waals surface area (Å²) in [5.41, 5.74) is -0.448. The molecule has 0 spiro atoms. The Morgan fingerprint density at radius 3 is 2.45 bits per heavy atom. The highest BCUT2D eigenvalue weighted by Crippen LogP contribution is 2.29. The third kappa shape index (κ3) is 6.33. The van der Waals surface area contributed by atoms with E-state index in [1.54, 1.807) is 4.57 Å². The molecule has 1 aliphatic heterocycles. The number of fused-ring (bicyclic) bond motifs is 1. The summed E-state index contributed by atoms with van der Waals surface area (Å²) in [5.74, 6) is -0.330. The molecule has 1 fully saturated rings. The second-order valence-electron chi connectivity index (χ2n) is 11.0. The molecule has 0 aliphatic carbocycles. The minimum Gasteiger partial charge on any atom is -0.459 e. The van der Waals surface area contributed by atoms with Gasteiger partial charge < -0.3 is 14.8 Å². The zero-order valence-electron chi connectivity index (χ0n) is 20.9. The van der Waals surface area contributed by atoms with E-state index in [0.717, 1.165) is 23.3 Å². The van der Waals surface area contributed by atoms with Gasteiger partial charge in [0.1, 0.15) is 10.4 Å². The van der Waals surface area contributed by atoms with E-state index < -0.39 is 5.60 Å². The van der Waals surface area contributed by atoms with Crippen molar-refractivity contribution in [3.05, 3.63) is 31.3 Å². The van der Waals surface area contributed by atoms with Crippen molar-refractivity contribution < 1.29 is 14.3 Å². The Hall–Kier alpha value is -1.97. The molecule has 184 valence electrons. The second-order valence-corrected chi connectivity index (χ2v) is 12.1. The summed E-state index contributed by atoms with van der Waals surface area (Å²) in [6.07, 6.45) is 1.86. The molecule has 8 nitrogen and oxygen atoms in total. The standard InChI is InChI=1S/C24H37N3O5S/c1-15-17(11-25-12-18(28)32-24(5,6)7)33-21-19(15)20(29)27(14-23(2,3)4)22(30)26(21)13-16-9-8-10-31-16/h16,25H,8-14H2,1-7H3. The molecule has 0 amide bonds. The number of nitrogens with one attached hydrogen (secondary N) is 1. The van der Waals surface area contributed by atoms with Crippen LogP contribution in [0.25, 0.3) is 10.2 Å². The minimum absolute atomic E-state index is 0.0253. The topological polar surface area (TPSA) is 91.6 Å². The van der Waals surface area contributed by atoms with Gasteiger partial charge in [-0.15, -0.1) is 11.3 Å². The van der Waals surface area contributed by atoms with Gasteiger partial charge in [-0.2, -0.15) is 0 Å². The number of hydrogen-bond acceptors (Lipinski definition) is 7. The van der Waals surface area contributed by atoms with Gasteiger partial charge in [0.25, 0.3) is 5.56 Å². The van der Waals surface area contributed by atoms with E-state index in [2.05, 4.69) is 5.32 Å². The molecule has 0 bridgehead atoms. The van der Waals surface area contributed by atoms with Crippen molar-refractivity contribution in [2.75, 3.05) is 13.2 Å². The Kier molecular flexibility index (Phi) is 7.55. The van der Waals surface area contributed by atoms with Crippen LogP contribution in [0.3, 0.4) is 0 Å². The highest BCUT2D eigenvalue weighted by molar-refractivity contribution is 7.18. The first-order chi connectivity index (χ1) is 15.3. The van der Waals surface area contributed by atoms with E-state index in [-0.39, 0.29) is 35.3 Å². The minimum atomic E-state index is -0.539. The number of ether oxygens (including phenoxy) is 2. The maximum Gasteiger partial charge on any atom is 0.332 e. The molecule has 9 heteroatoms. The van der Waals surface area contributed by atoms with Crippen LogP contribution in [0.5, 0.6) is 0 Å². The second kappa shape index (κ2) is 9.72. The molecule has 3 heterocycles. The first kappa shape index (κ1) is 25.6. The molecule has 1 N–H and O–H groups in total. The monoisotopic (exact) mass is 479 g/mol. The van der Waals surface area contributed by atoms with Crippen LogP contribution in [0, 0.1) is 12.3 Å². The highest BCUT2D eigenvalue weighted by Gasteiger charge is 2.25. The SMILES string of the molecule is Cc1c(CNCC(=O)OC(C)(C)C)sc2c1c(=O)n(CC(C)(C)C)c(=O)n2CC1CCCO1. The Morgan fingerprint density at radius 1 is 1.18 bits per heavy atom. The molecule has 1 unspecified atom stereocenters. The summed E-state index contributed by atoms with van der Waals surface area (Å²) in [5, 5.41) is 3.70. The summed E-state index contributed by atoms with van der Waals surface area (Å²) < 4.78 is 14.2. The molecule has 1 atom stereocenters. The van der Waals surface area contributed by atoms with Gasteiger partial charge in [-0.05, 0) is 51.5 Å². The molecule has 0 radical (unpaired) electrons. The molecule has 33 heavy (non-hydrogen) atoms. The van der Waals surface area contributed by atoms with Crippen LogP contribution in [0.4, 0.5) is 0 Å². The number of aryl methyl sites for hydroxylation is 1. The zero-order chi connectivity index (χ0) is 24.6. The van der Waals surface area contributed by atoms with E-state index >= 15 is 0 Å². The van der Waals surface area contributed by atoms with Crippen molar-refractivity contribution in [2.24, 2.45) is 5.41 Å². The summed E-state index contributed by atoms with van der Waals surface area (Å²) >= 11 is 1.43. The number of carbonyl (C=O) groups is 1. The van der Waals surface area contributed by atoms with Crippen LogP contribution < -0.4 is 16.6 Å². The van der Waals surface area contributed by atoms with Gasteiger partial charge in [0.15, 0.2) is 0 Å². The third-order valence-corrected chi connectivity index (χ3v) is 6.73. The van der Waals surface area contributed by atoms with Gasteiger partial charge in [0.2, 0.25) is 0 Å². The summed E-state index contributed by atoms with van der Waals surface area (Å²) in [6.45, 7) is 15.4. The zero-order valence-corrected chi connectivity index (χ0v) is 21.7. The summed E-state index contributed by atoms with van der Waals surface area (Å²) in [4.78, 5) is 40.5. The number of hydrogen-bond donors (Lipinski definition) is 1. The van der Waals surface area contributed by atoms with Gasteiger partial charge in [0, 0.05) is 24.6 Å². The van der Waals surface area contributed by atoms with Crippen LogP contribution in [-0.4, -0.2) is 40.0 Å². The molecule has 1 saturated heterocycles. The van der Waals surface area contributed by atoms with Crippen LogP contribution in [-0.2, 0) is 33.9 Å².